The van der Waals surface area contributed by atoms with Gasteiger partial charge in [-0.05, 0) is 25.0 Å². The summed E-state index contributed by atoms with van der Waals surface area (Å²) in [4.78, 5) is 21.3. The van der Waals surface area contributed by atoms with Crippen molar-refractivity contribution in [3.63, 3.8) is 0 Å². The molecule has 0 radical (unpaired) electrons. The lowest BCUT2D eigenvalue weighted by Gasteiger charge is -2.11. The molecule has 0 saturated heterocycles. The molecule has 0 atom stereocenters. The van der Waals surface area contributed by atoms with E-state index >= 15 is 0 Å². The van der Waals surface area contributed by atoms with Gasteiger partial charge in [-0.15, -0.1) is 0 Å². The lowest BCUT2D eigenvalue weighted by Crippen LogP contribution is -2.11. The molecule has 0 N–H and O–H groups in total. The first kappa shape index (κ1) is 19.5. The van der Waals surface area contributed by atoms with E-state index in [1.165, 1.54) is 6.20 Å². The number of rotatable bonds is 6. The molecule has 8 heteroatoms. The van der Waals surface area contributed by atoms with Crippen molar-refractivity contribution in [2.24, 2.45) is 0 Å². The number of nitrogens with zero attached hydrogens (tertiary/aromatic N) is 5. The van der Waals surface area contributed by atoms with Gasteiger partial charge in [-0.25, -0.2) is 14.5 Å². The van der Waals surface area contributed by atoms with E-state index in [2.05, 4.69) is 20.2 Å². The molecule has 0 unspecified atom stereocenters. The second-order valence-electron chi connectivity index (χ2n) is 7.15. The Labute approximate surface area is 173 Å². The Bertz CT molecular complexity index is 1150. The molecular weight excluding hydrogens is 382 g/mol. The topological polar surface area (TPSA) is 95.9 Å². The van der Waals surface area contributed by atoms with E-state index in [0.717, 1.165) is 16.8 Å². The third kappa shape index (κ3) is 3.98. The quantitative estimate of drug-likeness (QED) is 0.447. The van der Waals surface area contributed by atoms with E-state index in [4.69, 9.17) is 9.26 Å². The number of hydrogen-bond donors (Lipinski definition) is 0. The minimum Gasteiger partial charge on any atom is -0.452 e. The maximum absolute atomic E-state index is 12.7. The number of pyridine rings is 1. The van der Waals surface area contributed by atoms with Crippen LogP contribution in [0, 0.1) is 6.92 Å². The maximum atomic E-state index is 12.7. The predicted molar refractivity (Wildman–Crippen MR) is 109 cm³/mol. The van der Waals surface area contributed by atoms with Crippen LogP contribution in [-0.4, -0.2) is 30.9 Å². The molecule has 8 nitrogen and oxygen atoms in total. The van der Waals surface area contributed by atoms with Gasteiger partial charge in [-0.3, -0.25) is 0 Å². The largest absolute Gasteiger partial charge is 0.452 e. The van der Waals surface area contributed by atoms with Crippen molar-refractivity contribution in [1.82, 2.24) is 24.9 Å². The Morgan fingerprint density at radius 3 is 2.67 bits per heavy atom. The highest BCUT2D eigenvalue weighted by Gasteiger charge is 2.23. The Balaban J connectivity index is 1.50. The minimum absolute atomic E-state index is 0.0357. The smallest absolute Gasteiger partial charge is 0.342 e. The Morgan fingerprint density at radius 2 is 1.97 bits per heavy atom. The molecule has 0 spiro atoms. The zero-order valence-corrected chi connectivity index (χ0v) is 16.9. The zero-order chi connectivity index (χ0) is 21.1. The lowest BCUT2D eigenvalue weighted by molar-refractivity contribution is 0.0428. The zero-order valence-electron chi connectivity index (χ0n) is 16.9. The van der Waals surface area contributed by atoms with Gasteiger partial charge >= 0.3 is 5.97 Å². The fourth-order valence-corrected chi connectivity index (χ4v) is 3.07. The number of carbonyl (C=O) groups is 1. The lowest BCUT2D eigenvalue weighted by atomic mass is 10.1. The fourth-order valence-electron chi connectivity index (χ4n) is 3.07. The molecule has 3 aromatic heterocycles. The molecule has 0 amide bonds. The van der Waals surface area contributed by atoms with E-state index in [1.54, 1.807) is 10.9 Å². The maximum Gasteiger partial charge on any atom is 0.342 e. The summed E-state index contributed by atoms with van der Waals surface area (Å²) >= 11 is 0. The first-order valence-corrected chi connectivity index (χ1v) is 9.59. The average Bonchev–Trinajstić information content (AvgIpc) is 3.41. The van der Waals surface area contributed by atoms with Crippen LogP contribution in [0.2, 0.25) is 0 Å². The summed E-state index contributed by atoms with van der Waals surface area (Å²) in [5.41, 5.74) is 3.09. The van der Waals surface area contributed by atoms with Crippen molar-refractivity contribution in [3.05, 3.63) is 77.6 Å². The van der Waals surface area contributed by atoms with Crippen LogP contribution >= 0.6 is 0 Å². The molecule has 30 heavy (non-hydrogen) atoms. The minimum atomic E-state index is -0.504. The highest BCUT2D eigenvalue weighted by molar-refractivity contribution is 5.90. The van der Waals surface area contributed by atoms with E-state index in [0.29, 0.717) is 17.2 Å². The van der Waals surface area contributed by atoms with E-state index < -0.39 is 5.97 Å². The Morgan fingerprint density at radius 1 is 1.17 bits per heavy atom. The third-order valence-corrected chi connectivity index (χ3v) is 4.54. The van der Waals surface area contributed by atoms with E-state index in [1.807, 2.05) is 63.2 Å². The molecule has 3 heterocycles. The fraction of sp³-hybridized carbons (Fsp3) is 0.227. The van der Waals surface area contributed by atoms with Gasteiger partial charge in [0.15, 0.2) is 12.4 Å². The van der Waals surface area contributed by atoms with Crippen LogP contribution in [0.15, 0.2) is 59.4 Å². The normalized spacial score (nSPS) is 11.1. The molecule has 1 aromatic carbocycles. The molecule has 0 fully saturated rings. The number of aryl methyl sites for hydroxylation is 1. The molecule has 0 aliphatic carbocycles. The van der Waals surface area contributed by atoms with Gasteiger partial charge in [0.2, 0.25) is 5.82 Å². The molecule has 4 rings (SSSR count). The molecule has 0 bridgehead atoms. The Hall–Kier alpha value is -3.81. The van der Waals surface area contributed by atoms with Crippen LogP contribution in [0.1, 0.15) is 47.3 Å². The molecule has 0 aliphatic rings. The monoisotopic (exact) mass is 403 g/mol. The number of hydrogen-bond acceptors (Lipinski definition) is 7. The van der Waals surface area contributed by atoms with Crippen molar-refractivity contribution in [2.75, 3.05) is 0 Å². The van der Waals surface area contributed by atoms with Gasteiger partial charge in [-0.2, -0.15) is 10.1 Å². The highest BCUT2D eigenvalue weighted by atomic mass is 16.6. The van der Waals surface area contributed by atoms with Gasteiger partial charge in [0, 0.05) is 11.8 Å². The van der Waals surface area contributed by atoms with Gasteiger partial charge < -0.3 is 9.26 Å². The molecule has 152 valence electrons. The first-order valence-electron chi connectivity index (χ1n) is 9.59. The van der Waals surface area contributed by atoms with Crippen molar-refractivity contribution in [1.29, 1.82) is 0 Å². The van der Waals surface area contributed by atoms with Crippen molar-refractivity contribution < 1.29 is 14.1 Å². The van der Waals surface area contributed by atoms with Gasteiger partial charge in [0.1, 0.15) is 5.56 Å². The molecule has 0 saturated carbocycles. The van der Waals surface area contributed by atoms with Gasteiger partial charge in [0.05, 0.1) is 11.9 Å². The Kier molecular flexibility index (Phi) is 5.38. The second-order valence-corrected chi connectivity index (χ2v) is 7.15. The van der Waals surface area contributed by atoms with Crippen LogP contribution in [0.3, 0.4) is 0 Å². The van der Waals surface area contributed by atoms with Crippen LogP contribution in [-0.2, 0) is 11.3 Å². The standard InChI is InChI=1S/C22H21N5O3/c1-14(2)20-17(12-24-27(20)18-6-4-5-11-23-18)22(28)29-13-19-25-21(26-30-19)16-9-7-15(3)8-10-16/h4-12,14H,13H2,1-3H3. The summed E-state index contributed by atoms with van der Waals surface area (Å²) < 4.78 is 12.3. The average molecular weight is 403 g/mol. The van der Waals surface area contributed by atoms with Crippen LogP contribution < -0.4 is 0 Å². The van der Waals surface area contributed by atoms with Crippen molar-refractivity contribution >= 4 is 5.97 Å². The third-order valence-electron chi connectivity index (χ3n) is 4.54. The van der Waals surface area contributed by atoms with Crippen LogP contribution in [0.4, 0.5) is 0 Å². The van der Waals surface area contributed by atoms with Crippen LogP contribution in [0.5, 0.6) is 0 Å². The summed E-state index contributed by atoms with van der Waals surface area (Å²) in [6.07, 6.45) is 3.18. The molecule has 4 aromatic rings. The summed E-state index contributed by atoms with van der Waals surface area (Å²) in [7, 11) is 0. The summed E-state index contributed by atoms with van der Waals surface area (Å²) in [5.74, 6) is 0.846. The summed E-state index contributed by atoms with van der Waals surface area (Å²) in [6.45, 7) is 5.86. The van der Waals surface area contributed by atoms with E-state index in [9.17, 15) is 4.79 Å². The number of ether oxygens (including phenoxy) is 1. The molecule has 0 aliphatic heterocycles. The number of carbonyl (C=O) groups excluding carboxylic acids is 1. The van der Waals surface area contributed by atoms with Crippen molar-refractivity contribution in [3.8, 4) is 17.2 Å². The summed E-state index contributed by atoms with van der Waals surface area (Å²) in [6, 6.07) is 13.3. The number of aromatic nitrogens is 5. The van der Waals surface area contributed by atoms with E-state index in [-0.39, 0.29) is 18.4 Å². The highest BCUT2D eigenvalue weighted by Crippen LogP contribution is 2.23. The second kappa shape index (κ2) is 8.28. The molecular formula is C22H21N5O3. The predicted octanol–water partition coefficient (Wildman–Crippen LogP) is 4.11. The number of esters is 1. The first-order chi connectivity index (χ1) is 14.5. The summed E-state index contributed by atoms with van der Waals surface area (Å²) in [5, 5.41) is 8.29. The van der Waals surface area contributed by atoms with Crippen LogP contribution in [0.25, 0.3) is 17.2 Å². The number of benzene rings is 1. The SMILES string of the molecule is Cc1ccc(-c2noc(COC(=O)c3cnn(-c4ccccn4)c3C(C)C)n2)cc1. The van der Waals surface area contributed by atoms with Gasteiger partial charge in [0.25, 0.3) is 5.89 Å². The van der Waals surface area contributed by atoms with Gasteiger partial charge in [-0.1, -0.05) is 54.9 Å². The van der Waals surface area contributed by atoms with Crippen molar-refractivity contribution in [2.45, 2.75) is 33.3 Å².